The molecule has 0 saturated heterocycles. The smallest absolute Gasteiger partial charge is 0.316 e. The van der Waals surface area contributed by atoms with E-state index in [1.165, 1.54) is 35.1 Å². The van der Waals surface area contributed by atoms with Crippen molar-refractivity contribution < 1.29 is 9.53 Å². The molecule has 2 aromatic carbocycles. The summed E-state index contributed by atoms with van der Waals surface area (Å²) in [5.74, 6) is -0.120. The van der Waals surface area contributed by atoms with Gasteiger partial charge in [0.1, 0.15) is 0 Å². The minimum Gasteiger partial charge on any atom is -0.465 e. The van der Waals surface area contributed by atoms with Gasteiger partial charge in [-0.15, -0.1) is 0 Å². The third-order valence-corrected chi connectivity index (χ3v) is 8.10. The van der Waals surface area contributed by atoms with Gasteiger partial charge in [-0.1, -0.05) is 65.8 Å². The number of esters is 1. The van der Waals surface area contributed by atoms with Gasteiger partial charge in [-0.25, -0.2) is 0 Å². The number of carbonyl (C=O) groups excluding carboxylic acids is 1. The van der Waals surface area contributed by atoms with E-state index < -0.39 is 5.41 Å². The van der Waals surface area contributed by atoms with Gasteiger partial charge in [0, 0.05) is 12.2 Å². The molecular weight excluding hydrogens is 406 g/mol. The molecule has 3 heteroatoms. The molecule has 1 N–H and O–H groups in total. The Labute approximate surface area is 201 Å². The van der Waals surface area contributed by atoms with Crippen LogP contribution in [0.5, 0.6) is 0 Å². The molecule has 1 aliphatic carbocycles. The highest BCUT2D eigenvalue weighted by Crippen LogP contribution is 2.46. The molecule has 0 fully saturated rings. The number of rotatable bonds is 8. The Kier molecular flexibility index (Phi) is 7.31. The number of fused-ring (bicyclic) bond motifs is 1. The molecule has 3 nitrogen and oxygen atoms in total. The number of ether oxygens (including phenoxy) is 1. The fourth-order valence-corrected chi connectivity index (χ4v) is 5.40. The number of hydrogen-bond donors (Lipinski definition) is 1. The second kappa shape index (κ2) is 9.52. The lowest BCUT2D eigenvalue weighted by Gasteiger charge is -2.42. The molecule has 0 bridgehead atoms. The molecule has 0 radical (unpaired) electrons. The number of carbonyl (C=O) groups is 1. The van der Waals surface area contributed by atoms with Crippen molar-refractivity contribution in [2.24, 2.45) is 0 Å². The Hall–Kier alpha value is -2.29. The first kappa shape index (κ1) is 25.3. The minimum absolute atomic E-state index is 0.120. The summed E-state index contributed by atoms with van der Waals surface area (Å²) in [7, 11) is 0. The average molecular weight is 450 g/mol. The summed E-state index contributed by atoms with van der Waals surface area (Å²) in [6.45, 7) is 18.9. The van der Waals surface area contributed by atoms with Crippen molar-refractivity contribution in [2.45, 2.75) is 104 Å². The van der Waals surface area contributed by atoms with Gasteiger partial charge in [-0.2, -0.15) is 0 Å². The Morgan fingerprint density at radius 2 is 1.48 bits per heavy atom. The van der Waals surface area contributed by atoms with Crippen molar-refractivity contribution in [3.05, 3.63) is 64.2 Å². The number of nitrogens with one attached hydrogen (secondary N) is 1. The molecule has 0 aromatic heterocycles. The first-order valence-electron chi connectivity index (χ1n) is 12.7. The van der Waals surface area contributed by atoms with Gasteiger partial charge in [0.2, 0.25) is 0 Å². The minimum atomic E-state index is -0.567. The summed E-state index contributed by atoms with van der Waals surface area (Å²) < 4.78 is 5.41. The van der Waals surface area contributed by atoms with Crippen LogP contribution in [-0.2, 0) is 32.3 Å². The first-order valence-corrected chi connectivity index (χ1v) is 12.7. The molecule has 0 spiro atoms. The van der Waals surface area contributed by atoms with Crippen LogP contribution >= 0.6 is 0 Å². The summed E-state index contributed by atoms with van der Waals surface area (Å²) in [6, 6.07) is 13.2. The van der Waals surface area contributed by atoms with Crippen molar-refractivity contribution >= 4 is 11.7 Å². The molecule has 0 unspecified atom stereocenters. The molecule has 2 aromatic rings. The molecule has 0 atom stereocenters. The van der Waals surface area contributed by atoms with Gasteiger partial charge in [0.15, 0.2) is 0 Å². The first-order chi connectivity index (χ1) is 15.5. The summed E-state index contributed by atoms with van der Waals surface area (Å²) in [4.78, 5) is 12.7. The van der Waals surface area contributed by atoms with Gasteiger partial charge in [-0.3, -0.25) is 4.79 Å². The average Bonchev–Trinajstić information content (AvgIpc) is 2.78. The van der Waals surface area contributed by atoms with E-state index in [-0.39, 0.29) is 16.8 Å². The summed E-state index contributed by atoms with van der Waals surface area (Å²) in [5, 5.41) is 3.61. The highest BCUT2D eigenvalue weighted by molar-refractivity contribution is 5.83. The van der Waals surface area contributed by atoms with E-state index in [4.69, 9.17) is 4.74 Å². The van der Waals surface area contributed by atoms with Crippen LogP contribution in [0.4, 0.5) is 5.69 Å². The van der Waals surface area contributed by atoms with Crippen LogP contribution in [0.2, 0.25) is 0 Å². The third-order valence-electron chi connectivity index (χ3n) is 8.10. The van der Waals surface area contributed by atoms with Crippen LogP contribution in [-0.4, -0.2) is 12.6 Å². The third kappa shape index (κ3) is 4.83. The lowest BCUT2D eigenvalue weighted by Crippen LogP contribution is -2.36. The van der Waals surface area contributed by atoms with Crippen molar-refractivity contribution in [1.29, 1.82) is 0 Å². The standard InChI is InChI=1S/C30H43NO2/c1-9-30(10-2,27(32)33-11-3)23-12-14-24(15-13-23)31-20-22-19-26-25(18-21(22)4)28(5,6)16-17-29(26,7)8/h12-15,18-19,31H,9-11,16-17,20H2,1-8H3. The van der Waals surface area contributed by atoms with Crippen LogP contribution < -0.4 is 5.32 Å². The largest absolute Gasteiger partial charge is 0.465 e. The van der Waals surface area contributed by atoms with Gasteiger partial charge in [0.25, 0.3) is 0 Å². The van der Waals surface area contributed by atoms with Crippen molar-refractivity contribution in [1.82, 2.24) is 0 Å². The Morgan fingerprint density at radius 3 is 2.00 bits per heavy atom. The zero-order valence-electron chi connectivity index (χ0n) is 22.0. The molecule has 0 heterocycles. The van der Waals surface area contributed by atoms with Crippen molar-refractivity contribution in [3.8, 4) is 0 Å². The van der Waals surface area contributed by atoms with Crippen molar-refractivity contribution in [3.63, 3.8) is 0 Å². The molecule has 3 rings (SSSR count). The van der Waals surface area contributed by atoms with Gasteiger partial charge < -0.3 is 10.1 Å². The second-order valence-corrected chi connectivity index (χ2v) is 11.0. The summed E-state index contributed by atoms with van der Waals surface area (Å²) in [5.41, 5.74) is 7.70. The van der Waals surface area contributed by atoms with E-state index in [1.807, 2.05) is 6.92 Å². The predicted molar refractivity (Wildman–Crippen MR) is 139 cm³/mol. The van der Waals surface area contributed by atoms with Gasteiger partial charge in [-0.05, 0) is 90.3 Å². The van der Waals surface area contributed by atoms with E-state index in [9.17, 15) is 4.79 Å². The summed E-state index contributed by atoms with van der Waals surface area (Å²) >= 11 is 0. The maximum absolute atomic E-state index is 12.7. The predicted octanol–water partition coefficient (Wildman–Crippen LogP) is 7.58. The number of hydrogen-bond acceptors (Lipinski definition) is 3. The lowest BCUT2D eigenvalue weighted by atomic mass is 9.62. The normalized spacial score (nSPS) is 16.7. The monoisotopic (exact) mass is 449 g/mol. The molecular formula is C30H43NO2. The highest BCUT2D eigenvalue weighted by atomic mass is 16.5. The Morgan fingerprint density at radius 1 is 0.939 bits per heavy atom. The van der Waals surface area contributed by atoms with E-state index in [0.717, 1.165) is 30.6 Å². The van der Waals surface area contributed by atoms with E-state index in [2.05, 4.69) is 90.2 Å². The fraction of sp³-hybridized carbons (Fsp3) is 0.567. The van der Waals surface area contributed by atoms with Gasteiger partial charge >= 0.3 is 5.97 Å². The van der Waals surface area contributed by atoms with Crippen LogP contribution in [0.25, 0.3) is 0 Å². The molecule has 0 amide bonds. The number of aryl methyl sites for hydroxylation is 1. The fourth-order valence-electron chi connectivity index (χ4n) is 5.40. The number of anilines is 1. The van der Waals surface area contributed by atoms with Crippen LogP contribution in [0.1, 0.15) is 102 Å². The van der Waals surface area contributed by atoms with E-state index in [1.54, 1.807) is 0 Å². The maximum Gasteiger partial charge on any atom is 0.316 e. The van der Waals surface area contributed by atoms with E-state index in [0.29, 0.717) is 6.61 Å². The molecule has 33 heavy (non-hydrogen) atoms. The second-order valence-electron chi connectivity index (χ2n) is 11.0. The van der Waals surface area contributed by atoms with E-state index >= 15 is 0 Å². The highest BCUT2D eigenvalue weighted by Gasteiger charge is 2.39. The van der Waals surface area contributed by atoms with Crippen LogP contribution in [0, 0.1) is 6.92 Å². The van der Waals surface area contributed by atoms with Crippen LogP contribution in [0.3, 0.4) is 0 Å². The quantitative estimate of drug-likeness (QED) is 0.422. The summed E-state index contributed by atoms with van der Waals surface area (Å²) in [6.07, 6.45) is 3.92. The Bertz CT molecular complexity index is 981. The zero-order valence-corrected chi connectivity index (χ0v) is 22.0. The molecule has 0 saturated carbocycles. The Balaban J connectivity index is 1.82. The van der Waals surface area contributed by atoms with Crippen LogP contribution in [0.15, 0.2) is 36.4 Å². The van der Waals surface area contributed by atoms with Crippen molar-refractivity contribution in [2.75, 3.05) is 11.9 Å². The SMILES string of the molecule is CCOC(=O)C(CC)(CC)c1ccc(NCc2cc3c(cc2C)C(C)(C)CCC3(C)C)cc1. The molecule has 0 aliphatic heterocycles. The van der Waals surface area contributed by atoms with Gasteiger partial charge in [0.05, 0.1) is 12.0 Å². The maximum atomic E-state index is 12.7. The zero-order chi connectivity index (χ0) is 24.4. The molecule has 180 valence electrons. The molecule has 1 aliphatic rings. The topological polar surface area (TPSA) is 38.3 Å². The lowest BCUT2D eigenvalue weighted by molar-refractivity contribution is -0.150. The number of benzene rings is 2.